The first-order valence-electron chi connectivity index (χ1n) is 5.67. The topological polar surface area (TPSA) is 66.0 Å². The fourth-order valence-corrected chi connectivity index (χ4v) is 1.62. The molecule has 1 aromatic carbocycles. The molecule has 0 aliphatic heterocycles. The van der Waals surface area contributed by atoms with Crippen molar-refractivity contribution >= 4 is 0 Å². The van der Waals surface area contributed by atoms with Crippen molar-refractivity contribution in [3.63, 3.8) is 0 Å². The molecule has 0 radical (unpaired) electrons. The van der Waals surface area contributed by atoms with Crippen LogP contribution in [0.1, 0.15) is 6.92 Å². The standard InChI is InChI=1S/C12H16N4O/c1-2-17-12-6-4-3-5-10(12)11-9-16(8-7-13)15-14-11/h3-6,9H,2,7-8,13H2,1H3. The quantitative estimate of drug-likeness (QED) is 0.844. The van der Waals surface area contributed by atoms with Crippen molar-refractivity contribution in [2.45, 2.75) is 13.5 Å². The third kappa shape index (κ3) is 2.62. The van der Waals surface area contributed by atoms with Crippen LogP contribution in [-0.2, 0) is 6.54 Å². The zero-order chi connectivity index (χ0) is 12.1. The van der Waals surface area contributed by atoms with Crippen LogP contribution < -0.4 is 10.5 Å². The van der Waals surface area contributed by atoms with Crippen molar-refractivity contribution in [3.8, 4) is 17.0 Å². The van der Waals surface area contributed by atoms with Gasteiger partial charge in [-0.3, -0.25) is 4.68 Å². The number of rotatable bonds is 5. The Morgan fingerprint density at radius 3 is 2.94 bits per heavy atom. The lowest BCUT2D eigenvalue weighted by atomic mass is 10.1. The van der Waals surface area contributed by atoms with Crippen molar-refractivity contribution in [2.75, 3.05) is 13.2 Å². The number of ether oxygens (including phenoxy) is 1. The molecule has 0 bridgehead atoms. The van der Waals surface area contributed by atoms with Crippen molar-refractivity contribution in [2.24, 2.45) is 5.73 Å². The van der Waals surface area contributed by atoms with E-state index in [-0.39, 0.29) is 0 Å². The van der Waals surface area contributed by atoms with Crippen LogP contribution >= 0.6 is 0 Å². The van der Waals surface area contributed by atoms with Crippen molar-refractivity contribution < 1.29 is 4.74 Å². The Kier molecular flexibility index (Phi) is 3.72. The summed E-state index contributed by atoms with van der Waals surface area (Å²) in [6.45, 7) is 3.82. The van der Waals surface area contributed by atoms with E-state index < -0.39 is 0 Å². The summed E-state index contributed by atoms with van der Waals surface area (Å²) in [6, 6.07) is 7.81. The van der Waals surface area contributed by atoms with Gasteiger partial charge < -0.3 is 10.5 Å². The van der Waals surface area contributed by atoms with Gasteiger partial charge in [-0.05, 0) is 19.1 Å². The molecule has 0 saturated carbocycles. The number of hydrogen-bond acceptors (Lipinski definition) is 4. The van der Waals surface area contributed by atoms with E-state index in [0.717, 1.165) is 17.0 Å². The molecule has 1 heterocycles. The smallest absolute Gasteiger partial charge is 0.128 e. The molecule has 0 saturated heterocycles. The highest BCUT2D eigenvalue weighted by Gasteiger charge is 2.09. The Labute approximate surface area is 100 Å². The minimum absolute atomic E-state index is 0.551. The molecule has 2 N–H and O–H groups in total. The van der Waals surface area contributed by atoms with Crippen LogP contribution in [0.4, 0.5) is 0 Å². The lowest BCUT2D eigenvalue weighted by molar-refractivity contribution is 0.341. The van der Waals surface area contributed by atoms with E-state index in [1.807, 2.05) is 37.4 Å². The molecular formula is C12H16N4O. The molecule has 0 unspecified atom stereocenters. The van der Waals surface area contributed by atoms with E-state index in [9.17, 15) is 0 Å². The van der Waals surface area contributed by atoms with E-state index in [1.165, 1.54) is 0 Å². The highest BCUT2D eigenvalue weighted by molar-refractivity contribution is 5.66. The normalized spacial score (nSPS) is 10.5. The summed E-state index contributed by atoms with van der Waals surface area (Å²) in [6.07, 6.45) is 1.88. The van der Waals surface area contributed by atoms with Crippen molar-refractivity contribution in [1.82, 2.24) is 15.0 Å². The zero-order valence-electron chi connectivity index (χ0n) is 9.84. The SMILES string of the molecule is CCOc1ccccc1-c1cn(CCN)nn1. The minimum Gasteiger partial charge on any atom is -0.493 e. The van der Waals surface area contributed by atoms with Gasteiger partial charge in [0.25, 0.3) is 0 Å². The molecule has 0 aliphatic carbocycles. The van der Waals surface area contributed by atoms with E-state index in [4.69, 9.17) is 10.5 Å². The number of nitrogens with zero attached hydrogens (tertiary/aromatic N) is 3. The number of hydrogen-bond donors (Lipinski definition) is 1. The molecule has 17 heavy (non-hydrogen) atoms. The summed E-state index contributed by atoms with van der Waals surface area (Å²) < 4.78 is 7.29. The van der Waals surface area contributed by atoms with Gasteiger partial charge in [-0.15, -0.1) is 5.10 Å². The summed E-state index contributed by atoms with van der Waals surface area (Å²) in [5.74, 6) is 0.829. The Morgan fingerprint density at radius 1 is 1.35 bits per heavy atom. The minimum atomic E-state index is 0.551. The Hall–Kier alpha value is -1.88. The maximum absolute atomic E-state index is 5.56. The Bertz CT molecular complexity index is 481. The maximum Gasteiger partial charge on any atom is 0.128 e. The van der Waals surface area contributed by atoms with E-state index in [1.54, 1.807) is 4.68 Å². The second-order valence-corrected chi connectivity index (χ2v) is 3.58. The molecule has 5 nitrogen and oxygen atoms in total. The fourth-order valence-electron chi connectivity index (χ4n) is 1.62. The van der Waals surface area contributed by atoms with Gasteiger partial charge in [0, 0.05) is 12.1 Å². The number of aromatic nitrogens is 3. The average molecular weight is 232 g/mol. The number of para-hydroxylation sites is 1. The van der Waals surface area contributed by atoms with Gasteiger partial charge in [0.15, 0.2) is 0 Å². The summed E-state index contributed by atoms with van der Waals surface area (Å²) in [5, 5.41) is 8.14. The lowest BCUT2D eigenvalue weighted by Crippen LogP contribution is -2.10. The second kappa shape index (κ2) is 5.45. The molecule has 1 aromatic heterocycles. The van der Waals surface area contributed by atoms with E-state index in [2.05, 4.69) is 10.3 Å². The summed E-state index contributed by atoms with van der Waals surface area (Å²) in [7, 11) is 0. The van der Waals surface area contributed by atoms with Crippen LogP contribution in [0.25, 0.3) is 11.3 Å². The number of benzene rings is 1. The van der Waals surface area contributed by atoms with E-state index >= 15 is 0 Å². The van der Waals surface area contributed by atoms with Gasteiger partial charge in [-0.25, -0.2) is 0 Å². The van der Waals surface area contributed by atoms with Gasteiger partial charge in [0.05, 0.1) is 19.3 Å². The first kappa shape index (κ1) is 11.6. The molecule has 0 spiro atoms. The van der Waals surface area contributed by atoms with Crippen LogP contribution in [0, 0.1) is 0 Å². The van der Waals surface area contributed by atoms with Crippen LogP contribution in [0.5, 0.6) is 5.75 Å². The third-order valence-corrected chi connectivity index (χ3v) is 2.36. The van der Waals surface area contributed by atoms with Gasteiger partial charge in [-0.2, -0.15) is 0 Å². The largest absolute Gasteiger partial charge is 0.493 e. The molecule has 0 atom stereocenters. The highest BCUT2D eigenvalue weighted by atomic mass is 16.5. The van der Waals surface area contributed by atoms with Gasteiger partial charge in [0.2, 0.25) is 0 Å². The van der Waals surface area contributed by atoms with E-state index in [0.29, 0.717) is 19.7 Å². The van der Waals surface area contributed by atoms with Crippen molar-refractivity contribution in [3.05, 3.63) is 30.5 Å². The zero-order valence-corrected chi connectivity index (χ0v) is 9.84. The third-order valence-electron chi connectivity index (χ3n) is 2.36. The second-order valence-electron chi connectivity index (χ2n) is 3.58. The Morgan fingerprint density at radius 2 is 2.18 bits per heavy atom. The summed E-state index contributed by atoms with van der Waals surface area (Å²) >= 11 is 0. The molecule has 2 rings (SSSR count). The summed E-state index contributed by atoms with van der Waals surface area (Å²) in [4.78, 5) is 0. The highest BCUT2D eigenvalue weighted by Crippen LogP contribution is 2.27. The predicted octanol–water partition coefficient (Wildman–Crippen LogP) is 1.30. The molecule has 5 heteroatoms. The first-order chi connectivity index (χ1) is 8.35. The van der Waals surface area contributed by atoms with Gasteiger partial charge in [-0.1, -0.05) is 17.3 Å². The summed E-state index contributed by atoms with van der Waals surface area (Å²) in [5.41, 5.74) is 7.24. The molecular weight excluding hydrogens is 216 g/mol. The van der Waals surface area contributed by atoms with Gasteiger partial charge >= 0.3 is 0 Å². The fraction of sp³-hybridized carbons (Fsp3) is 0.333. The monoisotopic (exact) mass is 232 g/mol. The Balaban J connectivity index is 2.31. The van der Waals surface area contributed by atoms with Crippen molar-refractivity contribution in [1.29, 1.82) is 0 Å². The molecule has 0 amide bonds. The molecule has 90 valence electrons. The average Bonchev–Trinajstić information content (AvgIpc) is 2.79. The molecule has 0 aliphatic rings. The van der Waals surface area contributed by atoms with Crippen LogP contribution in [0.15, 0.2) is 30.5 Å². The van der Waals surface area contributed by atoms with Gasteiger partial charge in [0.1, 0.15) is 11.4 Å². The van der Waals surface area contributed by atoms with Crippen LogP contribution in [-0.4, -0.2) is 28.1 Å². The van der Waals surface area contributed by atoms with Crippen LogP contribution in [0.3, 0.4) is 0 Å². The molecule has 0 fully saturated rings. The first-order valence-corrected chi connectivity index (χ1v) is 5.67. The maximum atomic E-state index is 5.56. The van der Waals surface area contributed by atoms with Crippen LogP contribution in [0.2, 0.25) is 0 Å². The number of nitrogens with two attached hydrogens (primary N) is 1. The molecule has 2 aromatic rings. The lowest BCUT2D eigenvalue weighted by Gasteiger charge is -2.06. The predicted molar refractivity (Wildman–Crippen MR) is 65.7 cm³/mol.